The number of nitrogens with zero attached hydrogens (tertiary/aromatic N) is 4. The van der Waals surface area contributed by atoms with Crippen LogP contribution < -0.4 is 10.2 Å². The highest BCUT2D eigenvalue weighted by atomic mass is 16.5. The summed E-state index contributed by atoms with van der Waals surface area (Å²) in [6.07, 6.45) is 1.57. The number of anilines is 1. The van der Waals surface area contributed by atoms with Gasteiger partial charge in [-0.05, 0) is 29.8 Å². The average molecular weight is 334 g/mol. The molecule has 0 aliphatic carbocycles. The Kier molecular flexibility index (Phi) is 3.62. The van der Waals surface area contributed by atoms with Crippen LogP contribution in [0.1, 0.15) is 5.56 Å². The van der Waals surface area contributed by atoms with Crippen LogP contribution in [-0.2, 0) is 0 Å². The fourth-order valence-electron chi connectivity index (χ4n) is 2.51. The number of hydrazone groups is 1. The van der Waals surface area contributed by atoms with E-state index in [0.29, 0.717) is 16.9 Å². The van der Waals surface area contributed by atoms with Crippen LogP contribution in [0.15, 0.2) is 47.6 Å². The van der Waals surface area contributed by atoms with Gasteiger partial charge in [0.1, 0.15) is 5.52 Å². The molecule has 0 aliphatic heterocycles. The van der Waals surface area contributed by atoms with E-state index < -0.39 is 0 Å². The van der Waals surface area contributed by atoms with Crippen LogP contribution in [0.3, 0.4) is 0 Å². The number of hydrogen-bond donors (Lipinski definition) is 3. The molecule has 2 aromatic heterocycles. The first-order chi connectivity index (χ1) is 12.2. The van der Waals surface area contributed by atoms with E-state index >= 15 is 0 Å². The molecule has 0 spiro atoms. The van der Waals surface area contributed by atoms with Crippen LogP contribution in [0.5, 0.6) is 11.5 Å². The Bertz CT molecular complexity index is 1090. The lowest BCUT2D eigenvalue weighted by Crippen LogP contribution is -1.99. The van der Waals surface area contributed by atoms with Crippen molar-refractivity contribution in [1.29, 1.82) is 0 Å². The van der Waals surface area contributed by atoms with Crippen molar-refractivity contribution >= 4 is 34.2 Å². The maximum Gasteiger partial charge on any atom is 0.265 e. The fourth-order valence-corrected chi connectivity index (χ4v) is 2.51. The maximum absolute atomic E-state index is 9.58. The first-order valence-corrected chi connectivity index (χ1v) is 7.52. The van der Waals surface area contributed by atoms with E-state index in [1.54, 1.807) is 18.3 Å². The van der Waals surface area contributed by atoms with Crippen LogP contribution in [0.4, 0.5) is 5.95 Å². The molecule has 25 heavy (non-hydrogen) atoms. The van der Waals surface area contributed by atoms with Crippen molar-refractivity contribution in [3.8, 4) is 11.5 Å². The third kappa shape index (κ3) is 2.80. The van der Waals surface area contributed by atoms with Gasteiger partial charge in [0.2, 0.25) is 0 Å². The molecule has 0 saturated heterocycles. The summed E-state index contributed by atoms with van der Waals surface area (Å²) in [5.41, 5.74) is 5.80. The molecule has 2 aromatic carbocycles. The van der Waals surface area contributed by atoms with Crippen molar-refractivity contribution in [3.63, 3.8) is 0 Å². The molecule has 2 heterocycles. The number of methoxy groups -OCH3 is 1. The van der Waals surface area contributed by atoms with Gasteiger partial charge in [-0.1, -0.05) is 18.2 Å². The van der Waals surface area contributed by atoms with Gasteiger partial charge in [-0.2, -0.15) is 10.1 Å². The van der Waals surface area contributed by atoms with Crippen LogP contribution in [0.25, 0.3) is 22.1 Å². The van der Waals surface area contributed by atoms with Gasteiger partial charge >= 0.3 is 0 Å². The molecule has 0 amide bonds. The zero-order valence-corrected chi connectivity index (χ0v) is 13.3. The predicted molar refractivity (Wildman–Crippen MR) is 95.1 cm³/mol. The molecule has 8 nitrogen and oxygen atoms in total. The number of H-pyrrole nitrogens is 1. The summed E-state index contributed by atoms with van der Waals surface area (Å²) in [7, 11) is 1.49. The molecule has 4 rings (SSSR count). The number of aromatic hydroxyl groups is 1. The van der Waals surface area contributed by atoms with Gasteiger partial charge < -0.3 is 14.8 Å². The maximum atomic E-state index is 9.58. The molecule has 0 aliphatic rings. The predicted octanol–water partition coefficient (Wildman–Crippen LogP) is 2.67. The smallest absolute Gasteiger partial charge is 0.265 e. The Balaban J connectivity index is 1.57. The molecule has 0 fully saturated rings. The van der Waals surface area contributed by atoms with E-state index in [0.717, 1.165) is 16.5 Å². The fraction of sp³-hybridized carbons (Fsp3) is 0.0588. The molecule has 0 bridgehead atoms. The number of ether oxygens (including phenoxy) is 1. The number of para-hydroxylation sites is 1. The summed E-state index contributed by atoms with van der Waals surface area (Å²) in [6.45, 7) is 0. The highest BCUT2D eigenvalue weighted by Gasteiger charge is 2.08. The zero-order valence-electron chi connectivity index (χ0n) is 13.3. The lowest BCUT2D eigenvalue weighted by Gasteiger charge is -2.03. The van der Waals surface area contributed by atoms with Gasteiger partial charge in [-0.15, -0.1) is 10.2 Å². The monoisotopic (exact) mass is 334 g/mol. The Morgan fingerprint density at radius 3 is 2.96 bits per heavy atom. The lowest BCUT2D eigenvalue weighted by molar-refractivity contribution is 0.373. The molecule has 8 heteroatoms. The third-order valence-electron chi connectivity index (χ3n) is 3.70. The van der Waals surface area contributed by atoms with E-state index in [2.05, 4.69) is 30.7 Å². The minimum Gasteiger partial charge on any atom is -0.504 e. The quantitative estimate of drug-likeness (QED) is 0.391. The van der Waals surface area contributed by atoms with Crippen LogP contribution in [-0.4, -0.2) is 38.6 Å². The Morgan fingerprint density at radius 1 is 1.20 bits per heavy atom. The van der Waals surface area contributed by atoms with Crippen molar-refractivity contribution in [2.24, 2.45) is 5.10 Å². The summed E-state index contributed by atoms with van der Waals surface area (Å²) in [5.74, 6) is 0.729. The van der Waals surface area contributed by atoms with Gasteiger partial charge in [0.05, 0.1) is 13.3 Å². The number of fused-ring (bicyclic) bond motifs is 3. The standard InChI is InChI=1S/C17H14N6O2/c1-25-14-8-10(6-7-13(14)24)9-18-22-17-20-16-15(21-23-17)11-4-2-3-5-12(11)19-16/h2-9,24H,1H3,(H2,19,20,22,23)/b18-9+. The molecular formula is C17H14N6O2. The topological polar surface area (TPSA) is 108 Å². The van der Waals surface area contributed by atoms with Crippen molar-refractivity contribution in [1.82, 2.24) is 20.2 Å². The number of aromatic amines is 1. The Labute approximate surface area is 142 Å². The van der Waals surface area contributed by atoms with E-state index in [-0.39, 0.29) is 11.7 Å². The van der Waals surface area contributed by atoms with Gasteiger partial charge in [0.15, 0.2) is 17.1 Å². The molecule has 0 radical (unpaired) electrons. The lowest BCUT2D eigenvalue weighted by atomic mass is 10.2. The SMILES string of the molecule is COc1cc(/C=N/Nc2nnc3c(n2)[nH]c2ccccc23)ccc1O. The highest BCUT2D eigenvalue weighted by molar-refractivity contribution is 6.03. The number of phenolic OH excluding ortho intramolecular Hbond substituents is 1. The molecule has 0 unspecified atom stereocenters. The second-order valence-corrected chi connectivity index (χ2v) is 5.30. The highest BCUT2D eigenvalue weighted by Crippen LogP contribution is 2.25. The number of benzene rings is 2. The van der Waals surface area contributed by atoms with Gasteiger partial charge in [0, 0.05) is 10.9 Å². The zero-order chi connectivity index (χ0) is 17.2. The first-order valence-electron chi connectivity index (χ1n) is 7.52. The van der Waals surface area contributed by atoms with Crippen LogP contribution in [0, 0.1) is 0 Å². The van der Waals surface area contributed by atoms with E-state index in [1.807, 2.05) is 24.3 Å². The molecule has 3 N–H and O–H groups in total. The van der Waals surface area contributed by atoms with Crippen molar-refractivity contribution in [3.05, 3.63) is 48.0 Å². The second-order valence-electron chi connectivity index (χ2n) is 5.30. The van der Waals surface area contributed by atoms with Crippen LogP contribution in [0.2, 0.25) is 0 Å². The largest absolute Gasteiger partial charge is 0.504 e. The van der Waals surface area contributed by atoms with Gasteiger partial charge in [-0.25, -0.2) is 5.43 Å². The number of aromatic nitrogens is 4. The van der Waals surface area contributed by atoms with Gasteiger partial charge in [0.25, 0.3) is 5.95 Å². The minimum absolute atomic E-state index is 0.0735. The van der Waals surface area contributed by atoms with E-state index in [9.17, 15) is 5.11 Å². The molecule has 4 aromatic rings. The van der Waals surface area contributed by atoms with Gasteiger partial charge in [-0.3, -0.25) is 0 Å². The van der Waals surface area contributed by atoms with Crippen molar-refractivity contribution < 1.29 is 9.84 Å². The Morgan fingerprint density at radius 2 is 2.08 bits per heavy atom. The van der Waals surface area contributed by atoms with E-state index in [1.165, 1.54) is 13.2 Å². The number of phenols is 1. The van der Waals surface area contributed by atoms with Crippen LogP contribution >= 0.6 is 0 Å². The summed E-state index contributed by atoms with van der Waals surface area (Å²) in [5, 5.41) is 22.9. The molecule has 0 saturated carbocycles. The average Bonchev–Trinajstić information content (AvgIpc) is 3.01. The second kappa shape index (κ2) is 6.08. The molecule has 124 valence electrons. The summed E-state index contributed by atoms with van der Waals surface area (Å²) >= 11 is 0. The van der Waals surface area contributed by atoms with E-state index in [4.69, 9.17) is 4.74 Å². The summed E-state index contributed by atoms with van der Waals surface area (Å²) in [4.78, 5) is 7.57. The number of nitrogens with one attached hydrogen (secondary N) is 2. The number of hydrogen-bond acceptors (Lipinski definition) is 7. The third-order valence-corrected chi connectivity index (χ3v) is 3.70. The Hall–Kier alpha value is -3.68. The van der Waals surface area contributed by atoms with Crippen molar-refractivity contribution in [2.45, 2.75) is 0 Å². The summed E-state index contributed by atoms with van der Waals surface area (Å²) in [6, 6.07) is 12.7. The minimum atomic E-state index is 0.0735. The normalized spacial score (nSPS) is 11.4. The first kappa shape index (κ1) is 14.9. The summed E-state index contributed by atoms with van der Waals surface area (Å²) < 4.78 is 5.06. The molecular weight excluding hydrogens is 320 g/mol. The molecule has 0 atom stereocenters. The number of rotatable bonds is 4. The van der Waals surface area contributed by atoms with Crippen molar-refractivity contribution in [2.75, 3.05) is 12.5 Å².